The van der Waals surface area contributed by atoms with E-state index in [0.29, 0.717) is 30.0 Å². The second-order valence-electron chi connectivity index (χ2n) is 7.19. The average Bonchev–Trinajstić information content (AvgIpc) is 2.65. The molecule has 0 saturated heterocycles. The summed E-state index contributed by atoms with van der Waals surface area (Å²) in [5.41, 5.74) is 2.85. The number of benzene rings is 2. The molecule has 0 aliphatic heterocycles. The third-order valence-corrected chi connectivity index (χ3v) is 4.06. The molecule has 5 heteroatoms. The molecule has 0 aliphatic carbocycles. The Hall–Kier alpha value is -2.66. The van der Waals surface area contributed by atoms with Gasteiger partial charge in [-0.1, -0.05) is 32.9 Å². The maximum Gasteiger partial charge on any atom is 0.338 e. The predicted molar refractivity (Wildman–Crippen MR) is 106 cm³/mol. The van der Waals surface area contributed by atoms with Crippen molar-refractivity contribution in [3.63, 3.8) is 0 Å². The van der Waals surface area contributed by atoms with Gasteiger partial charge in [0.25, 0.3) is 5.91 Å². The molecule has 0 bridgehead atoms. The van der Waals surface area contributed by atoms with Crippen LogP contribution in [-0.2, 0) is 14.9 Å². The first-order chi connectivity index (χ1) is 12.8. The van der Waals surface area contributed by atoms with Crippen LogP contribution in [0, 0.1) is 0 Å². The van der Waals surface area contributed by atoms with Gasteiger partial charge in [-0.3, -0.25) is 4.79 Å². The number of amides is 1. The molecule has 27 heavy (non-hydrogen) atoms. The van der Waals surface area contributed by atoms with Crippen LogP contribution in [0.3, 0.4) is 0 Å². The molecule has 0 atom stereocenters. The van der Waals surface area contributed by atoms with E-state index in [2.05, 4.69) is 26.1 Å². The summed E-state index contributed by atoms with van der Waals surface area (Å²) in [6, 6.07) is 14.2. The van der Waals surface area contributed by atoms with Crippen molar-refractivity contribution in [2.24, 2.45) is 0 Å². The topological polar surface area (TPSA) is 64.6 Å². The molecule has 0 aliphatic rings. The highest BCUT2D eigenvalue weighted by molar-refractivity contribution is 6.04. The van der Waals surface area contributed by atoms with Gasteiger partial charge in [-0.2, -0.15) is 0 Å². The minimum Gasteiger partial charge on any atom is -0.460 e. The van der Waals surface area contributed by atoms with Gasteiger partial charge >= 0.3 is 5.97 Å². The van der Waals surface area contributed by atoms with Crippen LogP contribution in [0.2, 0.25) is 0 Å². The molecule has 0 saturated carbocycles. The molecule has 5 nitrogen and oxygen atoms in total. The number of carbonyl (C=O) groups is 2. The lowest BCUT2D eigenvalue weighted by Crippen LogP contribution is -2.14. The Morgan fingerprint density at radius 3 is 2.04 bits per heavy atom. The van der Waals surface area contributed by atoms with Crippen molar-refractivity contribution in [3.05, 3.63) is 65.2 Å². The Labute approximate surface area is 160 Å². The molecule has 0 fully saturated rings. The summed E-state index contributed by atoms with van der Waals surface area (Å²) in [6.45, 7) is 9.46. The summed E-state index contributed by atoms with van der Waals surface area (Å²) >= 11 is 0. The van der Waals surface area contributed by atoms with Crippen LogP contribution in [0.4, 0.5) is 5.69 Å². The van der Waals surface area contributed by atoms with Crippen molar-refractivity contribution in [2.45, 2.75) is 33.1 Å². The van der Waals surface area contributed by atoms with Crippen molar-refractivity contribution < 1.29 is 19.1 Å². The van der Waals surface area contributed by atoms with Crippen LogP contribution in [-0.4, -0.2) is 31.7 Å². The third kappa shape index (κ3) is 6.22. The van der Waals surface area contributed by atoms with Crippen LogP contribution in [0.1, 0.15) is 54.0 Å². The van der Waals surface area contributed by atoms with Gasteiger partial charge in [-0.05, 0) is 54.3 Å². The number of esters is 1. The predicted octanol–water partition coefficient (Wildman–Crippen LogP) is 4.43. The van der Waals surface area contributed by atoms with Gasteiger partial charge in [0.2, 0.25) is 0 Å². The number of hydrogen-bond acceptors (Lipinski definition) is 4. The van der Waals surface area contributed by atoms with E-state index in [0.717, 1.165) is 0 Å². The van der Waals surface area contributed by atoms with E-state index < -0.39 is 5.97 Å². The second-order valence-corrected chi connectivity index (χ2v) is 7.19. The number of hydrogen-bond donors (Lipinski definition) is 1. The molecule has 0 radical (unpaired) electrons. The molecule has 2 aromatic carbocycles. The highest BCUT2D eigenvalue weighted by Gasteiger charge is 2.14. The van der Waals surface area contributed by atoms with Crippen molar-refractivity contribution in [2.75, 3.05) is 25.1 Å². The smallest absolute Gasteiger partial charge is 0.338 e. The molecule has 0 heterocycles. The zero-order valence-corrected chi connectivity index (χ0v) is 16.4. The SMILES string of the molecule is CCOCCOC(=O)c1ccc(NC(=O)c2ccc(C(C)(C)C)cc2)cc1. The second kappa shape index (κ2) is 9.33. The Morgan fingerprint density at radius 2 is 1.48 bits per heavy atom. The Bertz CT molecular complexity index is 758. The third-order valence-electron chi connectivity index (χ3n) is 4.06. The van der Waals surface area contributed by atoms with Crippen LogP contribution < -0.4 is 5.32 Å². The maximum absolute atomic E-state index is 12.4. The summed E-state index contributed by atoms with van der Waals surface area (Å²) in [4.78, 5) is 24.3. The van der Waals surface area contributed by atoms with Crippen LogP contribution in [0.25, 0.3) is 0 Å². The van der Waals surface area contributed by atoms with E-state index >= 15 is 0 Å². The van der Waals surface area contributed by atoms with Gasteiger partial charge in [-0.15, -0.1) is 0 Å². The minimum atomic E-state index is -0.412. The fourth-order valence-electron chi connectivity index (χ4n) is 2.44. The van der Waals surface area contributed by atoms with E-state index in [4.69, 9.17) is 9.47 Å². The zero-order valence-electron chi connectivity index (χ0n) is 16.4. The molecular formula is C22H27NO4. The quantitative estimate of drug-likeness (QED) is 0.579. The molecule has 2 rings (SSSR count). The molecule has 1 N–H and O–H groups in total. The van der Waals surface area contributed by atoms with E-state index in [1.165, 1.54) is 5.56 Å². The molecule has 0 aromatic heterocycles. The van der Waals surface area contributed by atoms with Gasteiger partial charge in [0, 0.05) is 17.9 Å². The normalized spacial score (nSPS) is 11.1. The maximum atomic E-state index is 12.4. The molecule has 144 valence electrons. The number of nitrogens with one attached hydrogen (secondary N) is 1. The highest BCUT2D eigenvalue weighted by atomic mass is 16.6. The fourth-order valence-corrected chi connectivity index (χ4v) is 2.44. The van der Waals surface area contributed by atoms with Crippen LogP contribution in [0.15, 0.2) is 48.5 Å². The first kappa shape index (κ1) is 20.6. The fraction of sp³-hybridized carbons (Fsp3) is 0.364. The first-order valence-electron chi connectivity index (χ1n) is 9.08. The van der Waals surface area contributed by atoms with Gasteiger partial charge in [0.05, 0.1) is 12.2 Å². The molecule has 0 spiro atoms. The lowest BCUT2D eigenvalue weighted by Gasteiger charge is -2.19. The number of rotatable bonds is 7. The van der Waals surface area contributed by atoms with Crippen molar-refractivity contribution >= 4 is 17.6 Å². The van der Waals surface area contributed by atoms with E-state index in [1.54, 1.807) is 24.3 Å². The molecule has 2 aromatic rings. The lowest BCUT2D eigenvalue weighted by atomic mass is 9.87. The van der Waals surface area contributed by atoms with Crippen molar-refractivity contribution in [1.82, 2.24) is 0 Å². The van der Waals surface area contributed by atoms with Gasteiger partial charge in [0.15, 0.2) is 0 Å². The van der Waals surface area contributed by atoms with Crippen LogP contribution >= 0.6 is 0 Å². The van der Waals surface area contributed by atoms with E-state index in [1.807, 2.05) is 31.2 Å². The van der Waals surface area contributed by atoms with Crippen molar-refractivity contribution in [1.29, 1.82) is 0 Å². The Balaban J connectivity index is 1.93. The van der Waals surface area contributed by atoms with E-state index in [-0.39, 0.29) is 17.9 Å². The molecule has 0 unspecified atom stereocenters. The summed E-state index contributed by atoms with van der Waals surface area (Å²) < 4.78 is 10.2. The molecular weight excluding hydrogens is 342 g/mol. The summed E-state index contributed by atoms with van der Waals surface area (Å²) in [7, 11) is 0. The van der Waals surface area contributed by atoms with Gasteiger partial charge < -0.3 is 14.8 Å². The summed E-state index contributed by atoms with van der Waals surface area (Å²) in [6.07, 6.45) is 0. The summed E-state index contributed by atoms with van der Waals surface area (Å²) in [5, 5.41) is 2.83. The standard InChI is InChI=1S/C22H27NO4/c1-5-26-14-15-27-21(25)17-8-12-19(13-9-17)23-20(24)16-6-10-18(11-7-16)22(2,3)4/h6-13H,5,14-15H2,1-4H3,(H,23,24). The van der Waals surface area contributed by atoms with Crippen molar-refractivity contribution in [3.8, 4) is 0 Å². The van der Waals surface area contributed by atoms with Gasteiger partial charge in [0.1, 0.15) is 6.61 Å². The molecule has 1 amide bonds. The zero-order chi connectivity index (χ0) is 19.9. The number of anilines is 1. The summed E-state index contributed by atoms with van der Waals surface area (Å²) in [5.74, 6) is -0.604. The Kier molecular flexibility index (Phi) is 7.13. The average molecular weight is 369 g/mol. The minimum absolute atomic E-state index is 0.0438. The lowest BCUT2D eigenvalue weighted by molar-refractivity contribution is 0.0335. The Morgan fingerprint density at radius 1 is 0.889 bits per heavy atom. The van der Waals surface area contributed by atoms with Crippen LogP contribution in [0.5, 0.6) is 0 Å². The monoisotopic (exact) mass is 369 g/mol. The number of carbonyl (C=O) groups excluding carboxylic acids is 2. The largest absolute Gasteiger partial charge is 0.460 e. The first-order valence-corrected chi connectivity index (χ1v) is 9.08. The van der Waals surface area contributed by atoms with E-state index in [9.17, 15) is 9.59 Å². The highest BCUT2D eigenvalue weighted by Crippen LogP contribution is 2.22. The number of ether oxygens (including phenoxy) is 2. The van der Waals surface area contributed by atoms with Gasteiger partial charge in [-0.25, -0.2) is 4.79 Å².